The van der Waals surface area contributed by atoms with Gasteiger partial charge in [-0.3, -0.25) is 0 Å². The maximum Gasteiger partial charge on any atom is 0.130 e. The van der Waals surface area contributed by atoms with Gasteiger partial charge in [-0.05, 0) is 6.08 Å². The van der Waals surface area contributed by atoms with Crippen molar-refractivity contribution in [1.29, 1.82) is 0 Å². The predicted octanol–water partition coefficient (Wildman–Crippen LogP) is 2.00. The van der Waals surface area contributed by atoms with Gasteiger partial charge in [0.05, 0.1) is 12.1 Å². The molecule has 0 saturated heterocycles. The topological polar surface area (TPSA) is 21.3 Å². The molecule has 62 valence electrons. The van der Waals surface area contributed by atoms with Gasteiger partial charge in [0.1, 0.15) is 5.76 Å². The highest BCUT2D eigenvalue weighted by Gasteiger charge is 1.97. The van der Waals surface area contributed by atoms with Gasteiger partial charge in [-0.25, -0.2) is 0 Å². The maximum atomic E-state index is 5.74. The molecule has 0 atom stereocenters. The van der Waals surface area contributed by atoms with Gasteiger partial charge in [-0.2, -0.15) is 0 Å². The normalized spacial score (nSPS) is 10.6. The smallest absolute Gasteiger partial charge is 0.130 e. The summed E-state index contributed by atoms with van der Waals surface area (Å²) >= 11 is 5.74. The Hall–Kier alpha value is -0.890. The second-order valence-electron chi connectivity index (χ2n) is 1.89. The van der Waals surface area contributed by atoms with E-state index in [4.69, 9.17) is 16.3 Å². The van der Waals surface area contributed by atoms with E-state index in [0.717, 1.165) is 0 Å². The first-order valence-electron chi connectivity index (χ1n) is 3.09. The Labute approximate surface area is 72.2 Å². The highest BCUT2D eigenvalue weighted by molar-refractivity contribution is 6.31. The maximum absolute atomic E-state index is 5.74. The largest absolute Gasteiger partial charge is 0.496 e. The SMILES string of the molecule is C=C(/C=C(/Cl)C(=C)OC)NC. The molecule has 0 aliphatic rings. The third-order valence-corrected chi connectivity index (χ3v) is 1.45. The van der Waals surface area contributed by atoms with E-state index < -0.39 is 0 Å². The van der Waals surface area contributed by atoms with Gasteiger partial charge in [0.15, 0.2) is 0 Å². The minimum absolute atomic E-state index is 0.433. The Bertz CT molecular complexity index is 196. The number of likely N-dealkylation sites (N-methyl/N-ethyl adjacent to an activating group) is 1. The molecular weight excluding hydrogens is 162 g/mol. The number of rotatable bonds is 4. The second-order valence-corrected chi connectivity index (χ2v) is 2.30. The van der Waals surface area contributed by atoms with Gasteiger partial charge in [-0.1, -0.05) is 24.8 Å². The van der Waals surface area contributed by atoms with Crippen LogP contribution in [0.2, 0.25) is 0 Å². The predicted molar refractivity (Wildman–Crippen MR) is 48.3 cm³/mol. The van der Waals surface area contributed by atoms with Gasteiger partial charge in [0.2, 0.25) is 0 Å². The molecule has 0 heterocycles. The van der Waals surface area contributed by atoms with Crippen LogP contribution in [0.1, 0.15) is 0 Å². The molecule has 2 nitrogen and oxygen atoms in total. The molecule has 0 amide bonds. The van der Waals surface area contributed by atoms with Crippen molar-refractivity contribution in [3.05, 3.63) is 35.7 Å². The summed E-state index contributed by atoms with van der Waals surface area (Å²) in [6.07, 6.45) is 1.65. The minimum atomic E-state index is 0.433. The second kappa shape index (κ2) is 4.85. The number of halogens is 1. The Morgan fingerprint density at radius 2 is 2.09 bits per heavy atom. The van der Waals surface area contributed by atoms with Crippen LogP contribution in [0.3, 0.4) is 0 Å². The van der Waals surface area contributed by atoms with Crippen LogP contribution in [0.15, 0.2) is 35.7 Å². The molecule has 0 rings (SSSR count). The summed E-state index contributed by atoms with van der Waals surface area (Å²) in [6, 6.07) is 0. The lowest BCUT2D eigenvalue weighted by atomic mass is 10.4. The van der Waals surface area contributed by atoms with Crippen LogP contribution in [-0.4, -0.2) is 14.2 Å². The van der Waals surface area contributed by atoms with Crippen LogP contribution in [-0.2, 0) is 4.74 Å². The first kappa shape index (κ1) is 10.1. The van der Waals surface area contributed by atoms with E-state index in [9.17, 15) is 0 Å². The number of ether oxygens (including phenoxy) is 1. The molecule has 0 bridgehead atoms. The van der Waals surface area contributed by atoms with Crippen LogP contribution < -0.4 is 5.32 Å². The fraction of sp³-hybridized carbons (Fsp3) is 0.250. The van der Waals surface area contributed by atoms with Crippen molar-refractivity contribution in [2.75, 3.05) is 14.2 Å². The zero-order valence-corrected chi connectivity index (χ0v) is 7.53. The Morgan fingerprint density at radius 3 is 2.45 bits per heavy atom. The van der Waals surface area contributed by atoms with Gasteiger partial charge in [-0.15, -0.1) is 0 Å². The molecule has 0 aromatic heterocycles. The van der Waals surface area contributed by atoms with Crippen LogP contribution >= 0.6 is 11.6 Å². The van der Waals surface area contributed by atoms with Crippen molar-refractivity contribution in [3.8, 4) is 0 Å². The highest BCUT2D eigenvalue weighted by atomic mass is 35.5. The molecular formula is C8H12ClNO. The lowest BCUT2D eigenvalue weighted by Gasteiger charge is -2.02. The summed E-state index contributed by atoms with van der Waals surface area (Å²) < 4.78 is 4.79. The number of methoxy groups -OCH3 is 1. The van der Waals surface area contributed by atoms with E-state index in [0.29, 0.717) is 16.5 Å². The molecule has 3 heteroatoms. The molecule has 0 fully saturated rings. The van der Waals surface area contributed by atoms with Crippen molar-refractivity contribution in [1.82, 2.24) is 5.32 Å². The quantitative estimate of drug-likeness (QED) is 0.519. The van der Waals surface area contributed by atoms with E-state index in [2.05, 4.69) is 18.5 Å². The number of nitrogens with one attached hydrogen (secondary N) is 1. The zero-order chi connectivity index (χ0) is 8.85. The fourth-order valence-corrected chi connectivity index (χ4v) is 0.612. The monoisotopic (exact) mass is 173 g/mol. The van der Waals surface area contributed by atoms with E-state index in [1.165, 1.54) is 7.11 Å². The van der Waals surface area contributed by atoms with Crippen molar-refractivity contribution in [2.24, 2.45) is 0 Å². The third-order valence-electron chi connectivity index (χ3n) is 1.13. The van der Waals surface area contributed by atoms with Crippen LogP contribution in [0.25, 0.3) is 0 Å². The molecule has 1 N–H and O–H groups in total. The molecule has 0 saturated carbocycles. The number of hydrogen-bond acceptors (Lipinski definition) is 2. The van der Waals surface area contributed by atoms with Crippen molar-refractivity contribution >= 4 is 11.6 Å². The Balaban J connectivity index is 4.21. The Morgan fingerprint density at radius 1 is 1.55 bits per heavy atom. The summed E-state index contributed by atoms with van der Waals surface area (Å²) in [7, 11) is 3.28. The van der Waals surface area contributed by atoms with E-state index in [-0.39, 0.29) is 0 Å². The Kier molecular flexibility index (Phi) is 4.46. The minimum Gasteiger partial charge on any atom is -0.496 e. The molecule has 0 radical (unpaired) electrons. The molecule has 11 heavy (non-hydrogen) atoms. The van der Waals surface area contributed by atoms with Gasteiger partial charge in [0.25, 0.3) is 0 Å². The van der Waals surface area contributed by atoms with E-state index >= 15 is 0 Å². The lowest BCUT2D eigenvalue weighted by molar-refractivity contribution is 0.306. The summed E-state index contributed by atoms with van der Waals surface area (Å²) in [5.74, 6) is 0.433. The summed E-state index contributed by atoms with van der Waals surface area (Å²) in [4.78, 5) is 0. The standard InChI is InChI=1S/C8H12ClNO/c1-6(10-3)5-8(9)7(2)11-4/h5,10H,1-2H2,3-4H3/b8-5+. The first-order valence-corrected chi connectivity index (χ1v) is 3.46. The van der Waals surface area contributed by atoms with Crippen LogP contribution in [0.5, 0.6) is 0 Å². The van der Waals surface area contributed by atoms with Gasteiger partial charge in [0, 0.05) is 12.7 Å². The molecule has 0 aromatic rings. The van der Waals surface area contributed by atoms with E-state index in [1.54, 1.807) is 13.1 Å². The third kappa shape index (κ3) is 3.73. The zero-order valence-electron chi connectivity index (χ0n) is 6.78. The fourth-order valence-electron chi connectivity index (χ4n) is 0.403. The van der Waals surface area contributed by atoms with Gasteiger partial charge < -0.3 is 10.1 Å². The van der Waals surface area contributed by atoms with Gasteiger partial charge >= 0.3 is 0 Å². The van der Waals surface area contributed by atoms with Crippen LogP contribution in [0, 0.1) is 0 Å². The molecule has 0 aromatic carbocycles. The molecule has 0 aliphatic heterocycles. The molecule has 0 aliphatic carbocycles. The first-order chi connectivity index (χ1) is 5.11. The average Bonchev–Trinajstić information content (AvgIpc) is 2.02. The average molecular weight is 174 g/mol. The lowest BCUT2D eigenvalue weighted by Crippen LogP contribution is -2.01. The van der Waals surface area contributed by atoms with Crippen molar-refractivity contribution < 1.29 is 4.74 Å². The summed E-state index contributed by atoms with van der Waals surface area (Å²) in [5, 5.41) is 3.27. The van der Waals surface area contributed by atoms with Crippen molar-refractivity contribution in [3.63, 3.8) is 0 Å². The number of hydrogen-bond donors (Lipinski definition) is 1. The highest BCUT2D eigenvalue weighted by Crippen LogP contribution is 2.13. The van der Waals surface area contributed by atoms with Crippen LogP contribution in [0.4, 0.5) is 0 Å². The molecule has 0 spiro atoms. The summed E-state index contributed by atoms with van der Waals surface area (Å²) in [6.45, 7) is 7.23. The number of allylic oxidation sites excluding steroid dienone is 2. The summed E-state index contributed by atoms with van der Waals surface area (Å²) in [5.41, 5.74) is 0.716. The van der Waals surface area contributed by atoms with Crippen molar-refractivity contribution in [2.45, 2.75) is 0 Å². The van der Waals surface area contributed by atoms with E-state index in [1.807, 2.05) is 0 Å². The molecule has 0 unspecified atom stereocenters.